The van der Waals surface area contributed by atoms with Gasteiger partial charge in [-0.1, -0.05) is 6.92 Å². The Bertz CT molecular complexity index is 237. The van der Waals surface area contributed by atoms with Crippen molar-refractivity contribution in [3.05, 3.63) is 0 Å². The highest BCUT2D eigenvalue weighted by molar-refractivity contribution is 5.96. The second kappa shape index (κ2) is 2.57. The van der Waals surface area contributed by atoms with Gasteiger partial charge >= 0.3 is 0 Å². The first-order valence-electron chi connectivity index (χ1n) is 4.53. The normalized spacial score (nSPS) is 35.6. The number of nitrogens with zero attached hydrogens (tertiary/aromatic N) is 1. The van der Waals surface area contributed by atoms with Gasteiger partial charge in [-0.15, -0.1) is 0 Å². The maximum Gasteiger partial charge on any atom is 0.226 e. The van der Waals surface area contributed by atoms with Crippen LogP contribution >= 0.6 is 0 Å². The summed E-state index contributed by atoms with van der Waals surface area (Å²) in [5, 5.41) is 0. The smallest absolute Gasteiger partial charge is 0.226 e. The van der Waals surface area contributed by atoms with Gasteiger partial charge in [0.2, 0.25) is 5.91 Å². The van der Waals surface area contributed by atoms with E-state index < -0.39 is 0 Å². The van der Waals surface area contributed by atoms with Crippen molar-refractivity contribution >= 4 is 11.7 Å². The van der Waals surface area contributed by atoms with Crippen molar-refractivity contribution in [2.45, 2.75) is 32.2 Å². The summed E-state index contributed by atoms with van der Waals surface area (Å²) in [6, 6.07) is -0.0614. The Kier molecular flexibility index (Phi) is 1.67. The number of carbonyl (C=O) groups excluding carboxylic acids is 2. The van der Waals surface area contributed by atoms with Gasteiger partial charge in [-0.05, 0) is 12.8 Å². The fourth-order valence-corrected chi connectivity index (χ4v) is 2.17. The van der Waals surface area contributed by atoms with Gasteiger partial charge in [0.1, 0.15) is 0 Å². The van der Waals surface area contributed by atoms with E-state index in [1.807, 2.05) is 6.92 Å². The minimum Gasteiger partial charge on any atom is -0.332 e. The van der Waals surface area contributed by atoms with Gasteiger partial charge in [-0.25, -0.2) is 0 Å². The predicted molar refractivity (Wildman–Crippen MR) is 43.5 cm³/mol. The second-order valence-electron chi connectivity index (χ2n) is 3.76. The van der Waals surface area contributed by atoms with Gasteiger partial charge in [0, 0.05) is 18.9 Å². The molecule has 3 nitrogen and oxygen atoms in total. The van der Waals surface area contributed by atoms with Crippen LogP contribution < -0.4 is 0 Å². The predicted octanol–water partition coefficient (Wildman–Crippen LogP) is 0.586. The number of amides is 1. The van der Waals surface area contributed by atoms with Crippen LogP contribution in [-0.4, -0.2) is 29.2 Å². The van der Waals surface area contributed by atoms with Crippen molar-refractivity contribution in [2.24, 2.45) is 5.92 Å². The standard InChI is InChI=1S/C9H13NO2/c1-6-5-8(11)7-3-2-4-10(7)9(6)12/h6-7H,2-5H2,1H3. The first-order chi connectivity index (χ1) is 5.70. The van der Waals surface area contributed by atoms with Crippen LogP contribution in [-0.2, 0) is 9.59 Å². The fraction of sp³-hybridized carbons (Fsp3) is 0.778. The van der Waals surface area contributed by atoms with Crippen molar-refractivity contribution in [3.8, 4) is 0 Å². The van der Waals surface area contributed by atoms with E-state index in [-0.39, 0.29) is 23.7 Å². The summed E-state index contributed by atoms with van der Waals surface area (Å²) in [7, 11) is 0. The number of hydrogen-bond donors (Lipinski definition) is 0. The number of hydrogen-bond acceptors (Lipinski definition) is 2. The monoisotopic (exact) mass is 167 g/mol. The third-order valence-electron chi connectivity index (χ3n) is 2.84. The minimum atomic E-state index is -0.0770. The molecule has 2 saturated heterocycles. The summed E-state index contributed by atoms with van der Waals surface area (Å²) in [6.45, 7) is 2.63. The third kappa shape index (κ3) is 0.958. The largest absolute Gasteiger partial charge is 0.332 e. The minimum absolute atomic E-state index is 0.0614. The highest BCUT2D eigenvalue weighted by Gasteiger charge is 2.40. The van der Waals surface area contributed by atoms with Gasteiger partial charge in [-0.3, -0.25) is 9.59 Å². The molecule has 0 N–H and O–H groups in total. The number of ketones is 1. The van der Waals surface area contributed by atoms with E-state index in [1.54, 1.807) is 4.90 Å². The van der Waals surface area contributed by atoms with E-state index in [4.69, 9.17) is 0 Å². The highest BCUT2D eigenvalue weighted by Crippen LogP contribution is 2.27. The van der Waals surface area contributed by atoms with Gasteiger partial charge in [-0.2, -0.15) is 0 Å². The lowest BCUT2D eigenvalue weighted by Gasteiger charge is -2.31. The molecule has 66 valence electrons. The molecule has 0 radical (unpaired) electrons. The molecule has 0 aromatic heterocycles. The Hall–Kier alpha value is -0.860. The average Bonchev–Trinajstić information content (AvgIpc) is 2.48. The van der Waals surface area contributed by atoms with Crippen molar-refractivity contribution in [2.75, 3.05) is 6.54 Å². The van der Waals surface area contributed by atoms with Crippen molar-refractivity contribution < 1.29 is 9.59 Å². The molecule has 2 aliphatic rings. The lowest BCUT2D eigenvalue weighted by atomic mass is 9.93. The van der Waals surface area contributed by atoms with E-state index in [0.717, 1.165) is 19.4 Å². The molecule has 2 atom stereocenters. The zero-order valence-corrected chi connectivity index (χ0v) is 7.25. The molecule has 0 aromatic rings. The van der Waals surface area contributed by atoms with Gasteiger partial charge in [0.25, 0.3) is 0 Å². The Morgan fingerprint density at radius 2 is 2.17 bits per heavy atom. The van der Waals surface area contributed by atoms with Crippen molar-refractivity contribution in [1.82, 2.24) is 4.90 Å². The molecule has 2 rings (SSSR count). The van der Waals surface area contributed by atoms with Gasteiger partial charge in [0.05, 0.1) is 6.04 Å². The second-order valence-corrected chi connectivity index (χ2v) is 3.76. The third-order valence-corrected chi connectivity index (χ3v) is 2.84. The van der Waals surface area contributed by atoms with Crippen molar-refractivity contribution in [3.63, 3.8) is 0 Å². The molecule has 12 heavy (non-hydrogen) atoms. The van der Waals surface area contributed by atoms with E-state index in [9.17, 15) is 9.59 Å². The SMILES string of the molecule is CC1CC(=O)C2CCCN2C1=O. The first kappa shape index (κ1) is 7.77. The van der Waals surface area contributed by atoms with E-state index in [0.29, 0.717) is 6.42 Å². The molecule has 1 amide bonds. The van der Waals surface area contributed by atoms with Crippen LogP contribution in [0.5, 0.6) is 0 Å². The molecule has 3 heteroatoms. The summed E-state index contributed by atoms with van der Waals surface area (Å²) in [4.78, 5) is 24.7. The number of rotatable bonds is 0. The summed E-state index contributed by atoms with van der Waals surface area (Å²) in [6.07, 6.45) is 2.34. The Morgan fingerprint density at radius 3 is 2.92 bits per heavy atom. The zero-order valence-electron chi connectivity index (χ0n) is 7.25. The molecular formula is C9H13NO2. The maximum absolute atomic E-state index is 11.5. The van der Waals surface area contributed by atoms with E-state index >= 15 is 0 Å². The summed E-state index contributed by atoms with van der Waals surface area (Å²) in [5.41, 5.74) is 0. The summed E-state index contributed by atoms with van der Waals surface area (Å²) >= 11 is 0. The molecule has 2 heterocycles. The molecule has 2 unspecified atom stereocenters. The molecule has 0 bridgehead atoms. The average molecular weight is 167 g/mol. The molecule has 2 aliphatic heterocycles. The Morgan fingerprint density at radius 1 is 1.42 bits per heavy atom. The fourth-order valence-electron chi connectivity index (χ4n) is 2.17. The van der Waals surface area contributed by atoms with Crippen molar-refractivity contribution in [1.29, 1.82) is 0 Å². The molecule has 0 saturated carbocycles. The quantitative estimate of drug-likeness (QED) is 0.529. The summed E-state index contributed by atoms with van der Waals surface area (Å²) in [5.74, 6) is 0.364. The lowest BCUT2D eigenvalue weighted by molar-refractivity contribution is -0.147. The Labute approximate surface area is 71.7 Å². The Balaban J connectivity index is 2.23. The highest BCUT2D eigenvalue weighted by atomic mass is 16.2. The zero-order chi connectivity index (χ0) is 8.72. The number of Topliss-reactive ketones (excluding diaryl/α,β-unsaturated/α-hetero) is 1. The van der Waals surface area contributed by atoms with Crippen LogP contribution in [0.4, 0.5) is 0 Å². The molecular weight excluding hydrogens is 154 g/mol. The molecule has 0 aliphatic carbocycles. The van der Waals surface area contributed by atoms with E-state index in [2.05, 4.69) is 0 Å². The molecule has 0 aromatic carbocycles. The van der Waals surface area contributed by atoms with Crippen LogP contribution in [0.15, 0.2) is 0 Å². The lowest BCUT2D eigenvalue weighted by Crippen LogP contribution is -2.48. The molecule has 2 fully saturated rings. The summed E-state index contributed by atoms with van der Waals surface area (Å²) < 4.78 is 0. The number of carbonyl (C=O) groups is 2. The van der Waals surface area contributed by atoms with Crippen LogP contribution in [0.3, 0.4) is 0 Å². The van der Waals surface area contributed by atoms with Crippen LogP contribution in [0.2, 0.25) is 0 Å². The van der Waals surface area contributed by atoms with Crippen LogP contribution in [0.25, 0.3) is 0 Å². The van der Waals surface area contributed by atoms with Crippen LogP contribution in [0.1, 0.15) is 26.2 Å². The van der Waals surface area contributed by atoms with Gasteiger partial charge < -0.3 is 4.90 Å². The maximum atomic E-state index is 11.5. The molecule has 0 spiro atoms. The van der Waals surface area contributed by atoms with E-state index in [1.165, 1.54) is 0 Å². The van der Waals surface area contributed by atoms with Crippen LogP contribution in [0, 0.1) is 5.92 Å². The number of piperidine rings is 1. The first-order valence-corrected chi connectivity index (χ1v) is 4.53. The topological polar surface area (TPSA) is 37.4 Å². The van der Waals surface area contributed by atoms with Gasteiger partial charge in [0.15, 0.2) is 5.78 Å². The number of fused-ring (bicyclic) bond motifs is 1.